The number of rotatable bonds is 4. The van der Waals surface area contributed by atoms with Crippen LogP contribution < -0.4 is 40.0 Å². The first-order valence-electron chi connectivity index (χ1n) is 5.83. The first kappa shape index (κ1) is 18.6. The summed E-state index contributed by atoms with van der Waals surface area (Å²) in [5.41, 5.74) is 6.95. The number of nitrogens with zero attached hydrogens (tertiary/aromatic N) is 2. The number of hydrogen-bond acceptors (Lipinski definition) is 6. The van der Waals surface area contributed by atoms with E-state index in [4.69, 9.17) is 15.0 Å². The van der Waals surface area contributed by atoms with Crippen molar-refractivity contribution in [1.29, 1.82) is 0 Å². The molecule has 0 aliphatic rings. The summed E-state index contributed by atoms with van der Waals surface area (Å²) < 4.78 is 36.1. The third-order valence-corrected chi connectivity index (χ3v) is 3.46. The number of azo groups is 1. The molecule has 0 saturated carbocycles. The monoisotopic (exact) mass is 330 g/mol. The average molecular weight is 330 g/mol. The van der Waals surface area contributed by atoms with E-state index in [2.05, 4.69) is 10.2 Å². The predicted molar refractivity (Wildman–Crippen MR) is 77.8 cm³/mol. The van der Waals surface area contributed by atoms with Crippen molar-refractivity contribution in [2.75, 3.05) is 12.8 Å². The summed E-state index contributed by atoms with van der Waals surface area (Å²) in [6.07, 6.45) is 0. The van der Waals surface area contributed by atoms with Gasteiger partial charge in [0.15, 0.2) is 0 Å². The van der Waals surface area contributed by atoms with Crippen molar-refractivity contribution >= 4 is 27.2 Å². The minimum Gasteiger partial charge on any atom is -0.495 e. The van der Waals surface area contributed by atoms with Gasteiger partial charge < -0.3 is 10.5 Å². The molecule has 3 N–H and O–H groups in total. The zero-order valence-electron chi connectivity index (χ0n) is 12.1. The van der Waals surface area contributed by atoms with Crippen LogP contribution in [-0.2, 0) is 10.1 Å². The van der Waals surface area contributed by atoms with Crippen LogP contribution >= 0.6 is 0 Å². The van der Waals surface area contributed by atoms with Gasteiger partial charge in [0.05, 0.1) is 29.1 Å². The number of hydrogen-bond donors (Lipinski definition) is 2. The standard InChI is InChI=1S/C13H13N3O4S.Na/c1-20-13-8-10(5-6-12(13)14)16-15-9-3-2-4-11(7-9)21(17,18)19;/h2-8H,14H2,1H3,(H,17,18,19);/q;+1. The van der Waals surface area contributed by atoms with Crippen LogP contribution in [0.2, 0.25) is 0 Å². The molecule has 0 unspecified atom stereocenters. The second-order valence-corrected chi connectivity index (χ2v) is 5.52. The van der Waals surface area contributed by atoms with Crippen LogP contribution in [0.4, 0.5) is 17.1 Å². The van der Waals surface area contributed by atoms with Crippen molar-refractivity contribution < 1.29 is 47.3 Å². The van der Waals surface area contributed by atoms with Crippen LogP contribution in [0, 0.1) is 0 Å². The molecule has 7 nitrogen and oxygen atoms in total. The SMILES string of the molecule is COc1cc(N=Nc2cccc(S(=O)(=O)O)c2)ccc1N.[Na+]. The summed E-state index contributed by atoms with van der Waals surface area (Å²) in [7, 11) is -2.77. The fourth-order valence-electron chi connectivity index (χ4n) is 1.58. The Labute approximate surface area is 150 Å². The molecule has 0 heterocycles. The molecule has 0 saturated heterocycles. The Morgan fingerprint density at radius 3 is 2.32 bits per heavy atom. The van der Waals surface area contributed by atoms with Crippen molar-refractivity contribution in [3.8, 4) is 5.75 Å². The number of nitrogens with two attached hydrogens (primary N) is 1. The second kappa shape index (κ2) is 7.70. The van der Waals surface area contributed by atoms with Gasteiger partial charge in [-0.25, -0.2) is 0 Å². The first-order valence-corrected chi connectivity index (χ1v) is 7.27. The zero-order chi connectivity index (χ0) is 15.5. The third kappa shape index (κ3) is 4.79. The van der Waals surface area contributed by atoms with Gasteiger partial charge in [-0.2, -0.15) is 18.6 Å². The maximum absolute atomic E-state index is 11.0. The van der Waals surface area contributed by atoms with Gasteiger partial charge in [0.25, 0.3) is 10.1 Å². The summed E-state index contributed by atoms with van der Waals surface area (Å²) in [6, 6.07) is 10.4. The summed E-state index contributed by atoms with van der Waals surface area (Å²) in [4.78, 5) is -0.242. The molecule has 0 spiro atoms. The van der Waals surface area contributed by atoms with Gasteiger partial charge in [0, 0.05) is 6.07 Å². The van der Waals surface area contributed by atoms with Gasteiger partial charge in [0.1, 0.15) is 5.75 Å². The van der Waals surface area contributed by atoms with Crippen LogP contribution in [0.1, 0.15) is 0 Å². The first-order chi connectivity index (χ1) is 9.90. The molecule has 2 aromatic rings. The smallest absolute Gasteiger partial charge is 0.495 e. The predicted octanol–water partition coefficient (Wildman–Crippen LogP) is -0.0565. The van der Waals surface area contributed by atoms with Crippen molar-refractivity contribution in [3.63, 3.8) is 0 Å². The fourth-order valence-corrected chi connectivity index (χ4v) is 2.10. The molecule has 2 rings (SSSR count). The fraction of sp³-hybridized carbons (Fsp3) is 0.0769. The number of nitrogen functional groups attached to an aromatic ring is 1. The summed E-state index contributed by atoms with van der Waals surface area (Å²) >= 11 is 0. The molecule has 0 fully saturated rings. The van der Waals surface area contributed by atoms with E-state index < -0.39 is 10.1 Å². The van der Waals surface area contributed by atoms with E-state index in [1.807, 2.05) is 0 Å². The minimum absolute atomic E-state index is 0. The van der Waals surface area contributed by atoms with Gasteiger partial charge in [-0.15, -0.1) is 0 Å². The Balaban J connectivity index is 0.00000242. The molecule has 0 radical (unpaired) electrons. The molecule has 0 aliphatic heterocycles. The van der Waals surface area contributed by atoms with Crippen molar-refractivity contribution in [2.24, 2.45) is 10.2 Å². The maximum atomic E-state index is 11.0. The third-order valence-electron chi connectivity index (χ3n) is 2.61. The molecule has 2 aromatic carbocycles. The van der Waals surface area contributed by atoms with Gasteiger partial charge in [0.2, 0.25) is 0 Å². The molecular formula is C13H13N3NaO4S+. The van der Waals surface area contributed by atoms with Crippen LogP contribution in [0.25, 0.3) is 0 Å². The molecule has 0 amide bonds. The average Bonchev–Trinajstić information content (AvgIpc) is 2.46. The van der Waals surface area contributed by atoms with Crippen LogP contribution in [0.15, 0.2) is 57.6 Å². The van der Waals surface area contributed by atoms with E-state index in [-0.39, 0.29) is 34.5 Å². The number of benzene rings is 2. The molecule has 0 aromatic heterocycles. The van der Waals surface area contributed by atoms with Crippen molar-refractivity contribution in [1.82, 2.24) is 0 Å². The van der Waals surface area contributed by atoms with Gasteiger partial charge in [-0.1, -0.05) is 6.07 Å². The van der Waals surface area contributed by atoms with E-state index >= 15 is 0 Å². The number of methoxy groups -OCH3 is 1. The van der Waals surface area contributed by atoms with E-state index in [1.54, 1.807) is 24.3 Å². The van der Waals surface area contributed by atoms with Gasteiger partial charge in [-0.3, -0.25) is 4.55 Å². The van der Waals surface area contributed by atoms with Crippen LogP contribution in [-0.4, -0.2) is 20.1 Å². The van der Waals surface area contributed by atoms with Crippen LogP contribution in [0.5, 0.6) is 5.75 Å². The molecule has 0 aliphatic carbocycles. The Kier molecular flexibility index (Phi) is 6.51. The topological polar surface area (TPSA) is 114 Å². The molecule has 22 heavy (non-hydrogen) atoms. The minimum atomic E-state index is -4.26. The number of anilines is 1. The van der Waals surface area contributed by atoms with Gasteiger partial charge in [-0.05, 0) is 30.3 Å². The van der Waals surface area contributed by atoms with Gasteiger partial charge >= 0.3 is 29.6 Å². The molecule has 0 bridgehead atoms. The molecule has 110 valence electrons. The summed E-state index contributed by atoms with van der Waals surface area (Å²) in [5.74, 6) is 0.470. The Morgan fingerprint density at radius 2 is 1.73 bits per heavy atom. The molecular weight excluding hydrogens is 317 g/mol. The molecule has 0 atom stereocenters. The Bertz CT molecular complexity index is 794. The summed E-state index contributed by atoms with van der Waals surface area (Å²) in [5, 5.41) is 7.87. The second-order valence-electron chi connectivity index (χ2n) is 4.10. The van der Waals surface area contributed by atoms with E-state index in [0.717, 1.165) is 0 Å². The largest absolute Gasteiger partial charge is 1.00 e. The molecule has 9 heteroatoms. The quantitative estimate of drug-likeness (QED) is 0.353. The normalized spacial score (nSPS) is 11.2. The number of ether oxygens (including phenoxy) is 1. The Hall–Kier alpha value is -1.45. The van der Waals surface area contributed by atoms with Crippen molar-refractivity contribution in [2.45, 2.75) is 4.90 Å². The van der Waals surface area contributed by atoms with Crippen LogP contribution in [0.3, 0.4) is 0 Å². The Morgan fingerprint density at radius 1 is 1.09 bits per heavy atom. The summed E-state index contributed by atoms with van der Waals surface area (Å²) in [6.45, 7) is 0. The van der Waals surface area contributed by atoms with E-state index in [9.17, 15) is 8.42 Å². The maximum Gasteiger partial charge on any atom is 1.00 e. The van der Waals surface area contributed by atoms with E-state index in [1.165, 1.54) is 25.3 Å². The van der Waals surface area contributed by atoms with E-state index in [0.29, 0.717) is 22.8 Å². The van der Waals surface area contributed by atoms with Crippen molar-refractivity contribution in [3.05, 3.63) is 42.5 Å². The zero-order valence-corrected chi connectivity index (χ0v) is 14.9.